The van der Waals surface area contributed by atoms with E-state index in [2.05, 4.69) is 0 Å². The molecule has 0 spiro atoms. The van der Waals surface area contributed by atoms with E-state index < -0.39 is 24.0 Å². The van der Waals surface area contributed by atoms with Crippen molar-refractivity contribution in [3.8, 4) is 28.7 Å². The van der Waals surface area contributed by atoms with Gasteiger partial charge in [0.05, 0.1) is 5.41 Å². The van der Waals surface area contributed by atoms with E-state index in [-0.39, 0.29) is 11.5 Å². The molecule has 7 heteroatoms. The first-order chi connectivity index (χ1) is 19.1. The van der Waals surface area contributed by atoms with Crippen LogP contribution in [0.3, 0.4) is 0 Å². The summed E-state index contributed by atoms with van der Waals surface area (Å²) in [6.45, 7) is 8.93. The van der Waals surface area contributed by atoms with Crippen molar-refractivity contribution in [1.82, 2.24) is 0 Å². The van der Waals surface area contributed by atoms with Crippen LogP contribution in [0.15, 0.2) is 72.8 Å². The van der Waals surface area contributed by atoms with E-state index in [0.717, 1.165) is 17.5 Å². The first-order valence-corrected chi connectivity index (χ1v) is 13.6. The van der Waals surface area contributed by atoms with Gasteiger partial charge in [0.15, 0.2) is 18.1 Å². The van der Waals surface area contributed by atoms with Crippen molar-refractivity contribution in [2.24, 2.45) is 5.41 Å². The molecule has 0 fully saturated rings. The lowest BCUT2D eigenvalue weighted by Crippen LogP contribution is -2.29. The summed E-state index contributed by atoms with van der Waals surface area (Å²) in [7, 11) is 0. The molecule has 4 aromatic rings. The van der Waals surface area contributed by atoms with Crippen LogP contribution in [0.2, 0.25) is 5.02 Å². The summed E-state index contributed by atoms with van der Waals surface area (Å²) in [4.78, 5) is 25.7. The summed E-state index contributed by atoms with van der Waals surface area (Å²) in [5.74, 6) is 0.527. The summed E-state index contributed by atoms with van der Waals surface area (Å²) in [6.07, 6.45) is 1.45. The monoisotopic (exact) mass is 560 g/mol. The van der Waals surface area contributed by atoms with Gasteiger partial charge in [-0.3, -0.25) is 4.79 Å². The molecule has 4 aromatic carbocycles. The summed E-state index contributed by atoms with van der Waals surface area (Å²) in [5.41, 5.74) is 1.30. The topological polar surface area (TPSA) is 71.1 Å². The fourth-order valence-corrected chi connectivity index (χ4v) is 4.53. The Morgan fingerprint density at radius 2 is 1.48 bits per heavy atom. The number of ether oxygens (including phenoxy) is 4. The third-order valence-corrected chi connectivity index (χ3v) is 6.60. The van der Waals surface area contributed by atoms with Gasteiger partial charge < -0.3 is 18.9 Å². The number of hydrogen-bond acceptors (Lipinski definition) is 6. The first kappa shape index (κ1) is 29.0. The van der Waals surface area contributed by atoms with E-state index in [4.69, 9.17) is 30.5 Å². The Bertz CT molecular complexity index is 1540. The maximum absolute atomic E-state index is 13.1. The molecule has 0 amide bonds. The predicted molar refractivity (Wildman–Crippen MR) is 157 cm³/mol. The Morgan fingerprint density at radius 3 is 2.10 bits per heavy atom. The number of benzene rings is 4. The molecule has 0 radical (unpaired) electrons. The molecule has 0 aliphatic rings. The van der Waals surface area contributed by atoms with Crippen LogP contribution < -0.4 is 14.2 Å². The van der Waals surface area contributed by atoms with Crippen molar-refractivity contribution in [2.75, 3.05) is 6.61 Å². The molecule has 0 aliphatic carbocycles. The summed E-state index contributed by atoms with van der Waals surface area (Å²) in [5, 5.41) is 1.71. The minimum absolute atomic E-state index is 0.109. The summed E-state index contributed by atoms with van der Waals surface area (Å²) in [6, 6.07) is 22.1. The van der Waals surface area contributed by atoms with Crippen molar-refractivity contribution >= 4 is 34.3 Å². The lowest BCUT2D eigenvalue weighted by atomic mass is 9.88. The van der Waals surface area contributed by atoms with Gasteiger partial charge in [0.2, 0.25) is 5.75 Å². The second-order valence-corrected chi connectivity index (χ2v) is 10.9. The number of fused-ring (bicyclic) bond motifs is 1. The normalized spacial score (nSPS) is 11.2. The second-order valence-electron chi connectivity index (χ2n) is 10.4. The third kappa shape index (κ3) is 7.13. The molecule has 6 nitrogen and oxygen atoms in total. The van der Waals surface area contributed by atoms with Crippen LogP contribution in [-0.2, 0) is 14.3 Å². The fourth-order valence-electron chi connectivity index (χ4n) is 4.36. The lowest BCUT2D eigenvalue weighted by Gasteiger charge is -2.22. The highest BCUT2D eigenvalue weighted by Gasteiger charge is 2.29. The Hall–Kier alpha value is -4.03. The Kier molecular flexibility index (Phi) is 9.00. The van der Waals surface area contributed by atoms with Gasteiger partial charge in [-0.15, -0.1) is 0 Å². The molecule has 4 rings (SSSR count). The smallest absolute Gasteiger partial charge is 0.349 e. The van der Waals surface area contributed by atoms with Gasteiger partial charge in [-0.05, 0) is 93.1 Å². The van der Waals surface area contributed by atoms with Crippen molar-refractivity contribution in [3.63, 3.8) is 0 Å². The van der Waals surface area contributed by atoms with E-state index in [1.807, 2.05) is 75.4 Å². The standard InChI is InChI=1S/C33H33ClO6/c1-6-15-33(4,5)32(36)37-20-29(35)40-30-27-19-24(34)14-13-23(27)18-28(38-25-11-7-9-21(2)16-25)31(30)39-26-12-8-10-22(3)17-26/h7-14,16-19H,6,15,20H2,1-5H3. The van der Waals surface area contributed by atoms with E-state index >= 15 is 0 Å². The molecular weight excluding hydrogens is 528 g/mol. The van der Waals surface area contributed by atoms with Crippen molar-refractivity contribution in [2.45, 2.75) is 47.5 Å². The molecule has 0 aliphatic heterocycles. The fraction of sp³-hybridized carbons (Fsp3) is 0.273. The molecular formula is C33H33ClO6. The maximum atomic E-state index is 13.1. The van der Waals surface area contributed by atoms with Gasteiger partial charge in [0.1, 0.15) is 11.5 Å². The summed E-state index contributed by atoms with van der Waals surface area (Å²) >= 11 is 6.35. The average molecular weight is 561 g/mol. The highest BCUT2D eigenvalue weighted by Crippen LogP contribution is 2.48. The number of hydrogen-bond donors (Lipinski definition) is 0. The highest BCUT2D eigenvalue weighted by atomic mass is 35.5. The van der Waals surface area contributed by atoms with Crippen LogP contribution in [0.5, 0.6) is 28.7 Å². The number of rotatable bonds is 10. The van der Waals surface area contributed by atoms with Crippen LogP contribution in [0, 0.1) is 19.3 Å². The van der Waals surface area contributed by atoms with Crippen molar-refractivity contribution in [1.29, 1.82) is 0 Å². The summed E-state index contributed by atoms with van der Waals surface area (Å²) < 4.78 is 23.8. The largest absolute Gasteiger partial charge is 0.453 e. The molecule has 0 saturated heterocycles. The van der Waals surface area contributed by atoms with Gasteiger partial charge in [0.25, 0.3) is 0 Å². The molecule has 0 aromatic heterocycles. The third-order valence-electron chi connectivity index (χ3n) is 6.37. The minimum atomic E-state index is -0.760. The van der Waals surface area contributed by atoms with Crippen LogP contribution in [0.1, 0.15) is 44.7 Å². The number of carbonyl (C=O) groups is 2. The lowest BCUT2D eigenvalue weighted by molar-refractivity contribution is -0.161. The van der Waals surface area contributed by atoms with Crippen LogP contribution >= 0.6 is 11.6 Å². The number of aryl methyl sites for hydroxylation is 2. The first-order valence-electron chi connectivity index (χ1n) is 13.2. The second kappa shape index (κ2) is 12.4. The van der Waals surface area contributed by atoms with E-state index in [9.17, 15) is 9.59 Å². The quantitative estimate of drug-likeness (QED) is 0.142. The number of esters is 2. The van der Waals surface area contributed by atoms with Gasteiger partial charge in [-0.25, -0.2) is 4.79 Å². The molecule has 0 atom stereocenters. The Balaban J connectivity index is 1.78. The SMILES string of the molecule is CCCC(C)(C)C(=O)OCC(=O)Oc1c(Oc2cccc(C)c2)c(Oc2cccc(C)c2)cc2ccc(Cl)cc12. The van der Waals surface area contributed by atoms with Gasteiger partial charge in [-0.1, -0.05) is 55.3 Å². The number of carbonyl (C=O) groups excluding carboxylic acids is 2. The molecule has 0 heterocycles. The van der Waals surface area contributed by atoms with Crippen molar-refractivity contribution in [3.05, 3.63) is 88.9 Å². The zero-order valence-electron chi connectivity index (χ0n) is 23.4. The molecule has 0 saturated carbocycles. The Labute approximate surface area is 239 Å². The van der Waals surface area contributed by atoms with Gasteiger partial charge in [0, 0.05) is 10.4 Å². The van der Waals surface area contributed by atoms with Gasteiger partial charge >= 0.3 is 11.9 Å². The molecule has 0 bridgehead atoms. The van der Waals surface area contributed by atoms with Gasteiger partial charge in [-0.2, -0.15) is 0 Å². The molecule has 40 heavy (non-hydrogen) atoms. The highest BCUT2D eigenvalue weighted by molar-refractivity contribution is 6.31. The maximum Gasteiger partial charge on any atom is 0.349 e. The Morgan fingerprint density at radius 1 is 0.825 bits per heavy atom. The zero-order valence-corrected chi connectivity index (χ0v) is 24.1. The van der Waals surface area contributed by atoms with Crippen molar-refractivity contribution < 1.29 is 28.5 Å². The predicted octanol–water partition coefficient (Wildman–Crippen LogP) is 8.97. The van der Waals surface area contributed by atoms with Crippen LogP contribution in [-0.4, -0.2) is 18.5 Å². The van der Waals surface area contributed by atoms with E-state index in [0.29, 0.717) is 39.5 Å². The number of halogens is 1. The van der Waals surface area contributed by atoms with Crippen LogP contribution in [0.25, 0.3) is 10.8 Å². The molecule has 208 valence electrons. The van der Waals surface area contributed by atoms with E-state index in [1.165, 1.54) is 0 Å². The van der Waals surface area contributed by atoms with Crippen LogP contribution in [0.4, 0.5) is 0 Å². The van der Waals surface area contributed by atoms with E-state index in [1.54, 1.807) is 32.0 Å². The zero-order chi connectivity index (χ0) is 28.9. The minimum Gasteiger partial charge on any atom is -0.453 e. The molecule has 0 N–H and O–H groups in total. The average Bonchev–Trinajstić information content (AvgIpc) is 2.89. The molecule has 0 unspecified atom stereocenters.